The molecule has 0 spiro atoms. The number of amides is 1. The molecule has 20 heavy (non-hydrogen) atoms. The number of likely N-dealkylation sites (N-methyl/N-ethyl adjacent to an activating group) is 1. The van der Waals surface area contributed by atoms with Gasteiger partial charge >= 0.3 is 0 Å². The Morgan fingerprint density at radius 2 is 1.90 bits per heavy atom. The first kappa shape index (κ1) is 14.1. The Balaban J connectivity index is 2.00. The second-order valence-electron chi connectivity index (χ2n) is 4.60. The topological polar surface area (TPSA) is 32.3 Å². The molecule has 1 N–H and O–H groups in total. The third-order valence-electron chi connectivity index (χ3n) is 3.15. The molecule has 0 radical (unpaired) electrons. The highest BCUT2D eigenvalue weighted by Crippen LogP contribution is 2.16. The van der Waals surface area contributed by atoms with Gasteiger partial charge in [0.05, 0.1) is 6.54 Å². The summed E-state index contributed by atoms with van der Waals surface area (Å²) in [5.41, 5.74) is 2.37. The number of nitrogens with one attached hydrogen (secondary N) is 1. The van der Waals surface area contributed by atoms with Crippen LogP contribution in [0, 0.1) is 12.7 Å². The molecule has 1 amide bonds. The highest BCUT2D eigenvalue weighted by Gasteiger charge is 2.10. The SMILES string of the molecule is Cc1ccc(F)cc1NCC(=O)N(C)c1ccccc1. The fourth-order valence-corrected chi connectivity index (χ4v) is 1.87. The van der Waals surface area contributed by atoms with E-state index >= 15 is 0 Å². The van der Waals surface area contributed by atoms with Gasteiger partial charge in [0.2, 0.25) is 5.91 Å². The van der Waals surface area contributed by atoms with Gasteiger partial charge < -0.3 is 10.2 Å². The number of hydrogen-bond donors (Lipinski definition) is 1. The highest BCUT2D eigenvalue weighted by molar-refractivity contribution is 5.95. The Morgan fingerprint density at radius 3 is 2.60 bits per heavy atom. The van der Waals surface area contributed by atoms with E-state index in [-0.39, 0.29) is 18.3 Å². The van der Waals surface area contributed by atoms with Crippen molar-refractivity contribution in [1.82, 2.24) is 0 Å². The Morgan fingerprint density at radius 1 is 1.20 bits per heavy atom. The molecule has 0 saturated carbocycles. The quantitative estimate of drug-likeness (QED) is 0.927. The molecule has 0 heterocycles. The third-order valence-corrected chi connectivity index (χ3v) is 3.15. The number of nitrogens with zero attached hydrogens (tertiary/aromatic N) is 1. The Bertz CT molecular complexity index is 599. The lowest BCUT2D eigenvalue weighted by Crippen LogP contribution is -2.32. The molecule has 0 atom stereocenters. The summed E-state index contributed by atoms with van der Waals surface area (Å²) >= 11 is 0. The minimum Gasteiger partial charge on any atom is -0.376 e. The molecule has 4 heteroatoms. The molecule has 0 saturated heterocycles. The van der Waals surface area contributed by atoms with Gasteiger partial charge in [-0.3, -0.25) is 4.79 Å². The summed E-state index contributed by atoms with van der Waals surface area (Å²) in [5.74, 6) is -0.401. The molecule has 0 bridgehead atoms. The van der Waals surface area contributed by atoms with Crippen LogP contribution in [0.1, 0.15) is 5.56 Å². The van der Waals surface area contributed by atoms with Crippen LogP contribution >= 0.6 is 0 Å². The molecule has 0 aromatic heterocycles. The van der Waals surface area contributed by atoms with E-state index in [1.807, 2.05) is 37.3 Å². The number of rotatable bonds is 4. The van der Waals surface area contributed by atoms with Gasteiger partial charge in [-0.2, -0.15) is 0 Å². The van der Waals surface area contributed by atoms with Crippen LogP contribution in [-0.4, -0.2) is 19.5 Å². The van der Waals surface area contributed by atoms with Gasteiger partial charge in [-0.1, -0.05) is 24.3 Å². The number of carbonyl (C=O) groups is 1. The van der Waals surface area contributed by atoms with Crippen LogP contribution in [0.25, 0.3) is 0 Å². The minimum absolute atomic E-state index is 0.0835. The van der Waals surface area contributed by atoms with E-state index < -0.39 is 0 Å². The summed E-state index contributed by atoms with van der Waals surface area (Å²) in [4.78, 5) is 13.7. The van der Waals surface area contributed by atoms with Gasteiger partial charge in [0.1, 0.15) is 5.82 Å². The van der Waals surface area contributed by atoms with E-state index in [2.05, 4.69) is 5.32 Å². The Hall–Kier alpha value is -2.36. The Labute approximate surface area is 118 Å². The Kier molecular flexibility index (Phi) is 4.35. The monoisotopic (exact) mass is 272 g/mol. The number of halogens is 1. The first-order chi connectivity index (χ1) is 9.58. The lowest BCUT2D eigenvalue weighted by atomic mass is 10.2. The minimum atomic E-state index is -0.318. The fourth-order valence-electron chi connectivity index (χ4n) is 1.87. The van der Waals surface area contributed by atoms with E-state index in [9.17, 15) is 9.18 Å². The largest absolute Gasteiger partial charge is 0.376 e. The fraction of sp³-hybridized carbons (Fsp3) is 0.188. The van der Waals surface area contributed by atoms with Crippen LogP contribution in [-0.2, 0) is 4.79 Å². The molecule has 0 aliphatic rings. The molecule has 0 aliphatic carbocycles. The van der Waals surface area contributed by atoms with E-state index in [0.29, 0.717) is 5.69 Å². The summed E-state index contributed by atoms with van der Waals surface area (Å²) in [6.45, 7) is 1.99. The molecule has 0 aliphatic heterocycles. The molecule has 3 nitrogen and oxygen atoms in total. The van der Waals surface area contributed by atoms with Gasteiger partial charge in [-0.15, -0.1) is 0 Å². The number of carbonyl (C=O) groups excluding carboxylic acids is 1. The number of benzene rings is 2. The molecule has 104 valence electrons. The molecule has 0 unspecified atom stereocenters. The molecular formula is C16H17FN2O. The van der Waals surface area contributed by atoms with Crippen LogP contribution in [0.3, 0.4) is 0 Å². The number of hydrogen-bond acceptors (Lipinski definition) is 2. The smallest absolute Gasteiger partial charge is 0.246 e. The first-order valence-corrected chi connectivity index (χ1v) is 6.39. The van der Waals surface area contributed by atoms with Crippen LogP contribution in [0.15, 0.2) is 48.5 Å². The molecule has 2 aromatic rings. The van der Waals surface area contributed by atoms with E-state index in [1.165, 1.54) is 12.1 Å². The van der Waals surface area contributed by atoms with Gasteiger partial charge in [0.25, 0.3) is 0 Å². The molecular weight excluding hydrogens is 255 g/mol. The van der Waals surface area contributed by atoms with Crippen molar-refractivity contribution in [1.29, 1.82) is 0 Å². The lowest BCUT2D eigenvalue weighted by molar-refractivity contribution is -0.116. The maximum atomic E-state index is 13.2. The number of anilines is 2. The average molecular weight is 272 g/mol. The maximum absolute atomic E-state index is 13.2. The number of para-hydroxylation sites is 1. The van der Waals surface area contributed by atoms with Crippen molar-refractivity contribution >= 4 is 17.3 Å². The van der Waals surface area contributed by atoms with Gasteiger partial charge in [-0.05, 0) is 36.8 Å². The predicted octanol–water partition coefficient (Wildman–Crippen LogP) is 3.21. The molecule has 0 fully saturated rings. The zero-order chi connectivity index (χ0) is 14.5. The van der Waals surface area contributed by atoms with Crippen LogP contribution in [0.4, 0.5) is 15.8 Å². The average Bonchev–Trinajstić information content (AvgIpc) is 2.48. The van der Waals surface area contributed by atoms with Crippen molar-refractivity contribution in [2.75, 3.05) is 23.8 Å². The third kappa shape index (κ3) is 3.35. The summed E-state index contributed by atoms with van der Waals surface area (Å²) in [5, 5.41) is 2.97. The summed E-state index contributed by atoms with van der Waals surface area (Å²) < 4.78 is 13.2. The highest BCUT2D eigenvalue weighted by atomic mass is 19.1. The van der Waals surface area contributed by atoms with E-state index in [1.54, 1.807) is 18.0 Å². The van der Waals surface area contributed by atoms with Crippen molar-refractivity contribution in [2.24, 2.45) is 0 Å². The van der Waals surface area contributed by atoms with Crippen molar-refractivity contribution in [2.45, 2.75) is 6.92 Å². The zero-order valence-corrected chi connectivity index (χ0v) is 11.6. The molecule has 2 rings (SSSR count). The van der Waals surface area contributed by atoms with Crippen molar-refractivity contribution in [3.63, 3.8) is 0 Å². The predicted molar refractivity (Wildman–Crippen MR) is 79.5 cm³/mol. The lowest BCUT2D eigenvalue weighted by Gasteiger charge is -2.18. The summed E-state index contributed by atoms with van der Waals surface area (Å²) in [6.07, 6.45) is 0. The van der Waals surface area contributed by atoms with Crippen molar-refractivity contribution in [3.8, 4) is 0 Å². The van der Waals surface area contributed by atoms with Crippen molar-refractivity contribution < 1.29 is 9.18 Å². The van der Waals surface area contributed by atoms with Crippen LogP contribution < -0.4 is 10.2 Å². The maximum Gasteiger partial charge on any atom is 0.246 e. The van der Waals surface area contributed by atoms with Crippen molar-refractivity contribution in [3.05, 3.63) is 59.9 Å². The summed E-state index contributed by atoms with van der Waals surface area (Å²) in [7, 11) is 1.72. The van der Waals surface area contributed by atoms with Crippen LogP contribution in [0.2, 0.25) is 0 Å². The zero-order valence-electron chi connectivity index (χ0n) is 11.6. The second-order valence-corrected chi connectivity index (χ2v) is 4.60. The standard InChI is InChI=1S/C16H17FN2O/c1-12-8-9-13(17)10-15(12)18-11-16(20)19(2)14-6-4-3-5-7-14/h3-10,18H,11H2,1-2H3. The summed E-state index contributed by atoms with van der Waals surface area (Å²) in [6, 6.07) is 13.9. The van der Waals surface area contributed by atoms with Gasteiger partial charge in [-0.25, -0.2) is 4.39 Å². The van der Waals surface area contributed by atoms with E-state index in [4.69, 9.17) is 0 Å². The molecule has 2 aromatic carbocycles. The van der Waals surface area contributed by atoms with Gasteiger partial charge in [0, 0.05) is 18.4 Å². The van der Waals surface area contributed by atoms with Crippen LogP contribution in [0.5, 0.6) is 0 Å². The first-order valence-electron chi connectivity index (χ1n) is 6.39. The van der Waals surface area contributed by atoms with Gasteiger partial charge in [0.15, 0.2) is 0 Å². The number of aryl methyl sites for hydroxylation is 1. The van der Waals surface area contributed by atoms with E-state index in [0.717, 1.165) is 11.3 Å². The second kappa shape index (κ2) is 6.19. The normalized spacial score (nSPS) is 10.2.